The zero-order valence-corrected chi connectivity index (χ0v) is 13.6. The Bertz CT molecular complexity index is 762. The summed E-state index contributed by atoms with van der Waals surface area (Å²) in [7, 11) is 0. The van der Waals surface area contributed by atoms with Crippen LogP contribution in [0.3, 0.4) is 0 Å². The third kappa shape index (κ3) is 6.76. The van der Waals surface area contributed by atoms with Crippen LogP contribution in [0, 0.1) is 0 Å². The molecule has 5 nitrogen and oxygen atoms in total. The first-order valence-corrected chi connectivity index (χ1v) is 7.60. The molecule has 2 aromatic carbocycles. The fourth-order valence-electron chi connectivity index (χ4n) is 1.98. The molecular weight excluding hydrogens is 349 g/mol. The van der Waals surface area contributed by atoms with Crippen molar-refractivity contribution in [2.75, 3.05) is 12.3 Å². The zero-order valence-electron chi connectivity index (χ0n) is 13.6. The summed E-state index contributed by atoms with van der Waals surface area (Å²) in [4.78, 5) is 11.6. The highest BCUT2D eigenvalue weighted by atomic mass is 19.4. The Balaban J connectivity index is 1.81. The first kappa shape index (κ1) is 19.2. The van der Waals surface area contributed by atoms with E-state index in [2.05, 4.69) is 10.1 Å². The van der Waals surface area contributed by atoms with E-state index in [0.29, 0.717) is 5.56 Å². The van der Waals surface area contributed by atoms with Gasteiger partial charge in [0, 0.05) is 6.54 Å². The molecule has 138 valence electrons. The second-order valence-electron chi connectivity index (χ2n) is 5.19. The predicted molar refractivity (Wildman–Crippen MR) is 91.2 cm³/mol. The topological polar surface area (TPSA) is 73.6 Å². The van der Waals surface area contributed by atoms with Gasteiger partial charge in [-0.15, -0.1) is 13.2 Å². The minimum Gasteiger partial charge on any atom is -0.445 e. The molecule has 0 aliphatic carbocycles. The number of alkyl halides is 3. The van der Waals surface area contributed by atoms with Crippen LogP contribution in [0.4, 0.5) is 23.7 Å². The molecular formula is C18H17F3N2O3. The monoisotopic (exact) mass is 366 g/mol. The number of amides is 1. The molecule has 26 heavy (non-hydrogen) atoms. The van der Waals surface area contributed by atoms with Gasteiger partial charge < -0.3 is 20.5 Å². The number of nitrogens with one attached hydrogen (secondary N) is 1. The maximum atomic E-state index is 12.3. The predicted octanol–water partition coefficient (Wildman–Crippen LogP) is 4.11. The molecule has 0 aliphatic heterocycles. The van der Waals surface area contributed by atoms with Gasteiger partial charge in [0.1, 0.15) is 6.61 Å². The number of ether oxygens (including phenoxy) is 2. The minimum atomic E-state index is -4.82. The largest absolute Gasteiger partial charge is 0.573 e. The van der Waals surface area contributed by atoms with Gasteiger partial charge in [-0.3, -0.25) is 0 Å². The smallest absolute Gasteiger partial charge is 0.445 e. The van der Waals surface area contributed by atoms with E-state index in [9.17, 15) is 18.0 Å². The van der Waals surface area contributed by atoms with E-state index >= 15 is 0 Å². The number of carbonyl (C=O) groups excluding carboxylic acids is 1. The van der Waals surface area contributed by atoms with Crippen molar-refractivity contribution in [2.24, 2.45) is 0 Å². The summed E-state index contributed by atoms with van der Waals surface area (Å²) >= 11 is 0. The molecule has 0 heterocycles. The van der Waals surface area contributed by atoms with Crippen LogP contribution in [0.1, 0.15) is 11.1 Å². The van der Waals surface area contributed by atoms with E-state index < -0.39 is 18.2 Å². The number of halogens is 3. The van der Waals surface area contributed by atoms with E-state index in [1.165, 1.54) is 18.2 Å². The van der Waals surface area contributed by atoms with Crippen LogP contribution < -0.4 is 15.8 Å². The lowest BCUT2D eigenvalue weighted by molar-refractivity contribution is -0.274. The highest BCUT2D eigenvalue weighted by molar-refractivity contribution is 5.68. The van der Waals surface area contributed by atoms with Gasteiger partial charge in [0.25, 0.3) is 0 Å². The van der Waals surface area contributed by atoms with Crippen molar-refractivity contribution in [1.29, 1.82) is 0 Å². The highest BCUT2D eigenvalue weighted by Crippen LogP contribution is 2.29. The van der Waals surface area contributed by atoms with Gasteiger partial charge in [-0.1, -0.05) is 48.6 Å². The van der Waals surface area contributed by atoms with Gasteiger partial charge in [0.2, 0.25) is 0 Å². The van der Waals surface area contributed by atoms with Crippen molar-refractivity contribution in [3.8, 4) is 5.75 Å². The van der Waals surface area contributed by atoms with Crippen LogP contribution in [0.15, 0.2) is 54.6 Å². The first-order valence-electron chi connectivity index (χ1n) is 7.60. The molecule has 0 unspecified atom stereocenters. The summed E-state index contributed by atoms with van der Waals surface area (Å²) in [5, 5.41) is 2.50. The normalized spacial score (nSPS) is 11.3. The Morgan fingerprint density at radius 3 is 2.58 bits per heavy atom. The Morgan fingerprint density at radius 1 is 1.15 bits per heavy atom. The van der Waals surface area contributed by atoms with E-state index in [-0.39, 0.29) is 18.8 Å². The Hall–Kier alpha value is -3.16. The third-order valence-corrected chi connectivity index (χ3v) is 3.15. The molecule has 2 aromatic rings. The summed E-state index contributed by atoms with van der Waals surface area (Å²) < 4.78 is 45.7. The number of anilines is 1. The van der Waals surface area contributed by atoms with Crippen molar-refractivity contribution in [1.82, 2.24) is 5.32 Å². The zero-order chi connectivity index (χ0) is 19.0. The van der Waals surface area contributed by atoms with Gasteiger partial charge in [-0.25, -0.2) is 4.79 Å². The summed E-state index contributed by atoms with van der Waals surface area (Å²) in [5.74, 6) is -0.477. The molecule has 0 atom stereocenters. The lowest BCUT2D eigenvalue weighted by atomic mass is 10.2. The average Bonchev–Trinajstić information content (AvgIpc) is 2.59. The van der Waals surface area contributed by atoms with Gasteiger partial charge in [-0.05, 0) is 23.3 Å². The van der Waals surface area contributed by atoms with Gasteiger partial charge in [0.15, 0.2) is 5.75 Å². The Labute approximate surface area is 148 Å². The summed E-state index contributed by atoms with van der Waals surface area (Å²) in [6.07, 6.45) is -2.33. The molecule has 0 bridgehead atoms. The van der Waals surface area contributed by atoms with Crippen LogP contribution in [0.5, 0.6) is 5.75 Å². The number of rotatable bonds is 6. The van der Waals surface area contributed by atoms with Crippen LogP contribution in [-0.4, -0.2) is 19.0 Å². The Morgan fingerprint density at radius 2 is 1.88 bits per heavy atom. The molecule has 1 amide bonds. The molecule has 0 aliphatic rings. The van der Waals surface area contributed by atoms with Crippen LogP contribution >= 0.6 is 0 Å². The Kier molecular flexibility index (Phi) is 6.48. The van der Waals surface area contributed by atoms with Crippen molar-refractivity contribution in [3.63, 3.8) is 0 Å². The third-order valence-electron chi connectivity index (χ3n) is 3.15. The van der Waals surface area contributed by atoms with E-state index in [4.69, 9.17) is 10.5 Å². The summed E-state index contributed by atoms with van der Waals surface area (Å²) in [5.41, 5.74) is 6.63. The van der Waals surface area contributed by atoms with Gasteiger partial charge in [0.05, 0.1) is 5.69 Å². The number of hydrogen-bond acceptors (Lipinski definition) is 4. The van der Waals surface area contributed by atoms with Crippen molar-refractivity contribution < 1.29 is 27.4 Å². The summed E-state index contributed by atoms with van der Waals surface area (Å²) in [6.45, 7) is 0.292. The van der Waals surface area contributed by atoms with Crippen LogP contribution in [-0.2, 0) is 11.3 Å². The first-order chi connectivity index (χ1) is 12.3. The number of nitrogen functional groups attached to an aromatic ring is 1. The second kappa shape index (κ2) is 8.80. The summed E-state index contributed by atoms with van der Waals surface area (Å²) in [6, 6.07) is 13.2. The quantitative estimate of drug-likeness (QED) is 0.755. The number of hydrogen-bond donors (Lipinski definition) is 2. The maximum Gasteiger partial charge on any atom is 0.573 e. The molecule has 2 rings (SSSR count). The minimum absolute atomic E-state index is 0.123. The van der Waals surface area contributed by atoms with Crippen LogP contribution in [0.2, 0.25) is 0 Å². The van der Waals surface area contributed by atoms with Gasteiger partial charge in [-0.2, -0.15) is 0 Å². The molecule has 0 saturated heterocycles. The van der Waals surface area contributed by atoms with E-state index in [1.54, 1.807) is 6.08 Å². The fourth-order valence-corrected chi connectivity index (χ4v) is 1.98. The fraction of sp³-hybridized carbons (Fsp3) is 0.167. The lowest BCUT2D eigenvalue weighted by Gasteiger charge is -2.11. The van der Waals surface area contributed by atoms with E-state index in [0.717, 1.165) is 11.6 Å². The van der Waals surface area contributed by atoms with Crippen LogP contribution in [0.25, 0.3) is 6.08 Å². The second-order valence-corrected chi connectivity index (χ2v) is 5.19. The lowest BCUT2D eigenvalue weighted by Crippen LogP contribution is -2.24. The molecule has 0 spiro atoms. The average molecular weight is 366 g/mol. The SMILES string of the molecule is Nc1ccc(C=CCNC(=O)OCc2ccccc2)cc1OC(F)(F)F. The molecule has 0 aromatic heterocycles. The molecule has 0 fully saturated rings. The molecule has 0 saturated carbocycles. The standard InChI is InChI=1S/C18H17F3N2O3/c19-18(20,21)26-16-11-13(8-9-15(16)22)7-4-10-23-17(24)25-12-14-5-2-1-3-6-14/h1-9,11H,10,12,22H2,(H,23,24). The van der Waals surface area contributed by atoms with Crippen molar-refractivity contribution in [3.05, 3.63) is 65.7 Å². The molecule has 8 heteroatoms. The number of nitrogens with two attached hydrogens (primary N) is 1. The van der Waals surface area contributed by atoms with Crippen molar-refractivity contribution in [2.45, 2.75) is 13.0 Å². The maximum absolute atomic E-state index is 12.3. The van der Waals surface area contributed by atoms with Crippen molar-refractivity contribution >= 4 is 17.9 Å². The number of benzene rings is 2. The number of alkyl carbamates (subject to hydrolysis) is 1. The molecule has 0 radical (unpaired) electrons. The van der Waals surface area contributed by atoms with Gasteiger partial charge >= 0.3 is 12.5 Å². The highest BCUT2D eigenvalue weighted by Gasteiger charge is 2.31. The molecule has 3 N–H and O–H groups in total. The number of carbonyl (C=O) groups is 1. The van der Waals surface area contributed by atoms with E-state index in [1.807, 2.05) is 30.3 Å².